The first-order valence-corrected chi connectivity index (χ1v) is 4.53. The molecule has 0 amide bonds. The molecule has 0 radical (unpaired) electrons. The van der Waals surface area contributed by atoms with E-state index in [1.807, 2.05) is 6.08 Å². The third kappa shape index (κ3) is 1.84. The van der Waals surface area contributed by atoms with Crippen LogP contribution < -0.4 is 0 Å². The fraction of sp³-hybridized carbons (Fsp3) is 0.800. The van der Waals surface area contributed by atoms with Crippen LogP contribution in [0.4, 0.5) is 0 Å². The smallest absolute Gasteiger partial charge is 0.0663 e. The largest absolute Gasteiger partial charge is 0.377 e. The Bertz CT molecular complexity index is 131. The molecule has 64 valence electrons. The number of rotatable bonds is 3. The molecule has 1 fully saturated rings. The lowest BCUT2D eigenvalue weighted by Gasteiger charge is -2.20. The van der Waals surface area contributed by atoms with Gasteiger partial charge in [0.2, 0.25) is 0 Å². The first-order chi connectivity index (χ1) is 5.29. The fourth-order valence-corrected chi connectivity index (χ4v) is 1.81. The van der Waals surface area contributed by atoms with Crippen molar-refractivity contribution in [2.24, 2.45) is 11.8 Å². The van der Waals surface area contributed by atoms with Crippen LogP contribution in [0.2, 0.25) is 0 Å². The minimum Gasteiger partial charge on any atom is -0.377 e. The molecule has 11 heavy (non-hydrogen) atoms. The number of ether oxygens (including phenoxy) is 1. The lowest BCUT2D eigenvalue weighted by Crippen LogP contribution is -2.22. The highest BCUT2D eigenvalue weighted by molar-refractivity contribution is 4.88. The molecule has 1 nitrogen and oxygen atoms in total. The van der Waals surface area contributed by atoms with Crippen molar-refractivity contribution in [2.75, 3.05) is 6.61 Å². The van der Waals surface area contributed by atoms with Crippen LogP contribution in [0.1, 0.15) is 26.7 Å². The van der Waals surface area contributed by atoms with E-state index in [9.17, 15) is 0 Å². The van der Waals surface area contributed by atoms with Crippen LogP contribution in [0, 0.1) is 11.8 Å². The van der Waals surface area contributed by atoms with Crippen molar-refractivity contribution in [1.29, 1.82) is 0 Å². The summed E-state index contributed by atoms with van der Waals surface area (Å²) >= 11 is 0. The molecule has 0 spiro atoms. The van der Waals surface area contributed by atoms with E-state index in [-0.39, 0.29) is 0 Å². The number of hydrogen-bond donors (Lipinski definition) is 0. The first-order valence-electron chi connectivity index (χ1n) is 4.53. The van der Waals surface area contributed by atoms with Crippen molar-refractivity contribution in [3.63, 3.8) is 0 Å². The molecule has 0 N–H and O–H groups in total. The summed E-state index contributed by atoms with van der Waals surface area (Å²) < 4.78 is 5.64. The van der Waals surface area contributed by atoms with Gasteiger partial charge in [-0.15, -0.1) is 6.58 Å². The van der Waals surface area contributed by atoms with Gasteiger partial charge in [-0.2, -0.15) is 0 Å². The second-order valence-corrected chi connectivity index (χ2v) is 3.39. The maximum atomic E-state index is 5.64. The van der Waals surface area contributed by atoms with Gasteiger partial charge in [-0.1, -0.05) is 26.3 Å². The molecule has 1 heterocycles. The summed E-state index contributed by atoms with van der Waals surface area (Å²) in [5.41, 5.74) is 0. The maximum Gasteiger partial charge on any atom is 0.0663 e. The predicted octanol–water partition coefficient (Wildman–Crippen LogP) is 2.62. The van der Waals surface area contributed by atoms with E-state index < -0.39 is 0 Å². The Hall–Kier alpha value is -0.300. The van der Waals surface area contributed by atoms with E-state index in [1.54, 1.807) is 0 Å². The normalized spacial score (nSPS) is 33.6. The van der Waals surface area contributed by atoms with E-state index in [0.717, 1.165) is 12.5 Å². The van der Waals surface area contributed by atoms with Gasteiger partial charge in [0.1, 0.15) is 0 Å². The molecular weight excluding hydrogens is 136 g/mol. The molecule has 0 aromatic carbocycles. The zero-order chi connectivity index (χ0) is 8.27. The zero-order valence-electron chi connectivity index (χ0n) is 7.55. The van der Waals surface area contributed by atoms with Gasteiger partial charge in [-0.05, 0) is 12.3 Å². The van der Waals surface area contributed by atoms with Crippen molar-refractivity contribution >= 4 is 0 Å². The van der Waals surface area contributed by atoms with Crippen molar-refractivity contribution in [3.05, 3.63) is 12.7 Å². The van der Waals surface area contributed by atoms with Crippen LogP contribution in [-0.4, -0.2) is 12.7 Å². The Morgan fingerprint density at radius 2 is 2.45 bits per heavy atom. The summed E-state index contributed by atoms with van der Waals surface area (Å²) in [6, 6.07) is 0. The molecule has 1 unspecified atom stereocenters. The van der Waals surface area contributed by atoms with Gasteiger partial charge < -0.3 is 4.74 Å². The van der Waals surface area contributed by atoms with Gasteiger partial charge in [0.05, 0.1) is 6.10 Å². The molecule has 0 aromatic rings. The Kier molecular flexibility index (Phi) is 3.13. The van der Waals surface area contributed by atoms with E-state index in [2.05, 4.69) is 20.4 Å². The van der Waals surface area contributed by atoms with Crippen LogP contribution in [0.5, 0.6) is 0 Å². The Balaban J connectivity index is 2.48. The van der Waals surface area contributed by atoms with Gasteiger partial charge in [0, 0.05) is 12.5 Å². The first kappa shape index (κ1) is 8.79. The summed E-state index contributed by atoms with van der Waals surface area (Å²) in [5.74, 6) is 1.28. The van der Waals surface area contributed by atoms with E-state index >= 15 is 0 Å². The molecule has 0 bridgehead atoms. The topological polar surface area (TPSA) is 9.23 Å². The molecule has 1 aliphatic heterocycles. The van der Waals surface area contributed by atoms with Gasteiger partial charge in [0.15, 0.2) is 0 Å². The van der Waals surface area contributed by atoms with E-state index in [4.69, 9.17) is 4.74 Å². The summed E-state index contributed by atoms with van der Waals surface area (Å²) in [4.78, 5) is 0. The van der Waals surface area contributed by atoms with Crippen LogP contribution in [-0.2, 0) is 4.74 Å². The molecule has 3 atom stereocenters. The quantitative estimate of drug-likeness (QED) is 0.568. The third-order valence-corrected chi connectivity index (χ3v) is 2.68. The molecule has 1 rings (SSSR count). The van der Waals surface area contributed by atoms with Gasteiger partial charge in [-0.3, -0.25) is 0 Å². The minimum atomic E-state index is 0.442. The highest BCUT2D eigenvalue weighted by Gasteiger charge is 2.29. The van der Waals surface area contributed by atoms with E-state index in [0.29, 0.717) is 12.0 Å². The fourth-order valence-electron chi connectivity index (χ4n) is 1.81. The molecule has 0 saturated carbocycles. The van der Waals surface area contributed by atoms with Crippen LogP contribution in [0.3, 0.4) is 0 Å². The average Bonchev–Trinajstić information content (AvgIpc) is 2.50. The Labute approximate surface area is 69.4 Å². The molecule has 0 aliphatic carbocycles. The molecule has 1 heteroatoms. The van der Waals surface area contributed by atoms with Crippen LogP contribution in [0.25, 0.3) is 0 Å². The lowest BCUT2D eigenvalue weighted by molar-refractivity contribution is 0.0623. The van der Waals surface area contributed by atoms with Crippen molar-refractivity contribution in [2.45, 2.75) is 32.8 Å². The minimum absolute atomic E-state index is 0.442. The summed E-state index contributed by atoms with van der Waals surface area (Å²) in [6.07, 6.45) is 4.92. The van der Waals surface area contributed by atoms with Crippen molar-refractivity contribution in [3.8, 4) is 0 Å². The predicted molar refractivity (Wildman–Crippen MR) is 47.5 cm³/mol. The second kappa shape index (κ2) is 3.91. The average molecular weight is 154 g/mol. The Morgan fingerprint density at radius 1 is 1.73 bits per heavy atom. The monoisotopic (exact) mass is 154 g/mol. The van der Waals surface area contributed by atoms with Crippen LogP contribution in [0.15, 0.2) is 12.7 Å². The summed E-state index contributed by atoms with van der Waals surface area (Å²) in [7, 11) is 0. The SMILES string of the molecule is C=CC(C)[C@@H]1OCC[C@H]1CC. The zero-order valence-corrected chi connectivity index (χ0v) is 7.55. The highest BCUT2D eigenvalue weighted by Crippen LogP contribution is 2.29. The van der Waals surface area contributed by atoms with Crippen LogP contribution >= 0.6 is 0 Å². The van der Waals surface area contributed by atoms with E-state index in [1.165, 1.54) is 12.8 Å². The van der Waals surface area contributed by atoms with Gasteiger partial charge in [0.25, 0.3) is 0 Å². The summed E-state index contributed by atoms with van der Waals surface area (Å²) in [6.45, 7) is 9.16. The van der Waals surface area contributed by atoms with Gasteiger partial charge >= 0.3 is 0 Å². The molecule has 1 saturated heterocycles. The molecular formula is C10H18O. The second-order valence-electron chi connectivity index (χ2n) is 3.39. The summed E-state index contributed by atoms with van der Waals surface area (Å²) in [5, 5.41) is 0. The standard InChI is InChI=1S/C10H18O/c1-4-8(3)10-9(5-2)6-7-11-10/h4,8-10H,1,5-7H2,2-3H3/t8?,9-,10+/m1/s1. The number of hydrogen-bond acceptors (Lipinski definition) is 1. The highest BCUT2D eigenvalue weighted by atomic mass is 16.5. The van der Waals surface area contributed by atoms with Crippen molar-refractivity contribution in [1.82, 2.24) is 0 Å². The van der Waals surface area contributed by atoms with Crippen molar-refractivity contribution < 1.29 is 4.74 Å². The third-order valence-electron chi connectivity index (χ3n) is 2.68. The molecule has 1 aliphatic rings. The Morgan fingerprint density at radius 3 is 3.00 bits per heavy atom. The molecule has 0 aromatic heterocycles. The lowest BCUT2D eigenvalue weighted by atomic mass is 9.90. The maximum absolute atomic E-state index is 5.64. The van der Waals surface area contributed by atoms with Gasteiger partial charge in [-0.25, -0.2) is 0 Å².